The minimum Gasteiger partial charge on any atom is -0.472 e. The van der Waals surface area contributed by atoms with Crippen LogP contribution in [0.15, 0.2) is 59.4 Å². The second-order valence-electron chi connectivity index (χ2n) is 5.79. The van der Waals surface area contributed by atoms with E-state index in [0.717, 1.165) is 36.2 Å². The zero-order chi connectivity index (χ0) is 15.6. The molecule has 0 aliphatic heterocycles. The number of anilines is 1. The number of aromatic nitrogens is 2. The average molecular weight is 307 g/mol. The third kappa shape index (κ3) is 2.65. The summed E-state index contributed by atoms with van der Waals surface area (Å²) in [6.45, 7) is 0. The van der Waals surface area contributed by atoms with E-state index in [2.05, 4.69) is 10.4 Å². The lowest BCUT2D eigenvalue weighted by atomic mass is 9.85. The molecule has 5 heteroatoms. The maximum absolute atomic E-state index is 12.3. The molecular weight excluding hydrogens is 290 g/mol. The van der Waals surface area contributed by atoms with E-state index in [9.17, 15) is 4.79 Å². The van der Waals surface area contributed by atoms with Gasteiger partial charge in [0.25, 0.3) is 0 Å². The van der Waals surface area contributed by atoms with Crippen LogP contribution in [-0.4, -0.2) is 15.7 Å². The Balaban J connectivity index is 1.71. The lowest BCUT2D eigenvalue weighted by Gasteiger charge is -2.24. The SMILES string of the molecule is O=C(Nc1cc(-c2ccoc2)nn1-c1ccccc1)C1CCC1. The quantitative estimate of drug-likeness (QED) is 0.796. The molecule has 2 aromatic heterocycles. The molecular formula is C18H17N3O2. The van der Waals surface area contributed by atoms with E-state index in [4.69, 9.17) is 4.42 Å². The molecule has 1 fully saturated rings. The van der Waals surface area contributed by atoms with E-state index in [1.807, 2.05) is 42.5 Å². The van der Waals surface area contributed by atoms with Gasteiger partial charge in [0.05, 0.1) is 23.9 Å². The molecule has 1 aliphatic rings. The number of hydrogen-bond donors (Lipinski definition) is 1. The minimum atomic E-state index is 0.0760. The van der Waals surface area contributed by atoms with E-state index in [1.54, 1.807) is 17.2 Å². The number of amides is 1. The van der Waals surface area contributed by atoms with Gasteiger partial charge < -0.3 is 9.73 Å². The van der Waals surface area contributed by atoms with E-state index >= 15 is 0 Å². The molecule has 4 rings (SSSR count). The van der Waals surface area contributed by atoms with Gasteiger partial charge >= 0.3 is 0 Å². The van der Waals surface area contributed by atoms with Crippen LogP contribution in [0.2, 0.25) is 0 Å². The third-order valence-corrected chi connectivity index (χ3v) is 4.25. The summed E-state index contributed by atoms with van der Waals surface area (Å²) in [5.74, 6) is 0.892. The van der Waals surface area contributed by atoms with Crippen LogP contribution in [0.5, 0.6) is 0 Å². The van der Waals surface area contributed by atoms with Crippen molar-refractivity contribution in [2.75, 3.05) is 5.32 Å². The number of carbonyl (C=O) groups is 1. The highest BCUT2D eigenvalue weighted by atomic mass is 16.3. The first kappa shape index (κ1) is 13.8. The number of nitrogens with zero attached hydrogens (tertiary/aromatic N) is 2. The van der Waals surface area contributed by atoms with E-state index in [1.165, 1.54) is 0 Å². The Bertz CT molecular complexity index is 802. The molecule has 0 saturated heterocycles. The number of para-hydroxylation sites is 1. The number of rotatable bonds is 4. The first-order valence-corrected chi connectivity index (χ1v) is 7.80. The molecule has 0 unspecified atom stereocenters. The van der Waals surface area contributed by atoms with Crippen molar-refractivity contribution in [1.29, 1.82) is 0 Å². The molecule has 0 spiro atoms. The van der Waals surface area contributed by atoms with Crippen LogP contribution >= 0.6 is 0 Å². The molecule has 5 nitrogen and oxygen atoms in total. The Morgan fingerprint density at radius 2 is 2.04 bits per heavy atom. The predicted octanol–water partition coefficient (Wildman–Crippen LogP) is 3.87. The largest absolute Gasteiger partial charge is 0.472 e. The van der Waals surface area contributed by atoms with Crippen molar-refractivity contribution in [2.45, 2.75) is 19.3 Å². The fraction of sp³-hybridized carbons (Fsp3) is 0.222. The molecule has 0 atom stereocenters. The van der Waals surface area contributed by atoms with Gasteiger partial charge in [-0.05, 0) is 31.0 Å². The van der Waals surface area contributed by atoms with Crippen LogP contribution in [0.1, 0.15) is 19.3 Å². The van der Waals surface area contributed by atoms with Gasteiger partial charge in [0, 0.05) is 17.5 Å². The molecule has 1 aromatic carbocycles. The molecule has 1 N–H and O–H groups in total. The smallest absolute Gasteiger partial charge is 0.228 e. The van der Waals surface area contributed by atoms with Gasteiger partial charge in [-0.3, -0.25) is 4.79 Å². The highest BCUT2D eigenvalue weighted by Crippen LogP contribution is 2.29. The van der Waals surface area contributed by atoms with Crippen LogP contribution in [0.4, 0.5) is 5.82 Å². The Kier molecular flexibility index (Phi) is 3.46. The fourth-order valence-electron chi connectivity index (χ4n) is 2.69. The highest BCUT2D eigenvalue weighted by molar-refractivity contribution is 5.93. The molecule has 0 radical (unpaired) electrons. The topological polar surface area (TPSA) is 60.1 Å². The van der Waals surface area contributed by atoms with Gasteiger partial charge in [-0.1, -0.05) is 24.6 Å². The summed E-state index contributed by atoms with van der Waals surface area (Å²) < 4.78 is 6.90. The van der Waals surface area contributed by atoms with Crippen molar-refractivity contribution in [3.63, 3.8) is 0 Å². The monoisotopic (exact) mass is 307 g/mol. The van der Waals surface area contributed by atoms with Gasteiger partial charge in [0.1, 0.15) is 5.82 Å². The number of furan rings is 1. The zero-order valence-electron chi connectivity index (χ0n) is 12.6. The molecule has 0 bridgehead atoms. The standard InChI is InChI=1S/C18H17N3O2/c22-18(13-5-4-6-13)19-17-11-16(14-9-10-23-12-14)20-21(17)15-7-2-1-3-8-15/h1-3,7-13H,4-6H2,(H,19,22). The summed E-state index contributed by atoms with van der Waals surface area (Å²) in [4.78, 5) is 12.3. The maximum Gasteiger partial charge on any atom is 0.228 e. The molecule has 1 saturated carbocycles. The van der Waals surface area contributed by atoms with Gasteiger partial charge in [0.2, 0.25) is 5.91 Å². The Labute approximate surface area is 133 Å². The van der Waals surface area contributed by atoms with Gasteiger partial charge in [-0.2, -0.15) is 5.10 Å². The first-order chi connectivity index (χ1) is 11.3. The second-order valence-corrected chi connectivity index (χ2v) is 5.79. The zero-order valence-corrected chi connectivity index (χ0v) is 12.6. The Hall–Kier alpha value is -2.82. The number of hydrogen-bond acceptors (Lipinski definition) is 3. The summed E-state index contributed by atoms with van der Waals surface area (Å²) in [6, 6.07) is 13.5. The fourth-order valence-corrected chi connectivity index (χ4v) is 2.69. The lowest BCUT2D eigenvalue weighted by molar-refractivity contribution is -0.122. The van der Waals surface area contributed by atoms with Crippen molar-refractivity contribution in [2.24, 2.45) is 5.92 Å². The summed E-state index contributed by atoms with van der Waals surface area (Å²) in [7, 11) is 0. The van der Waals surface area contributed by atoms with Crippen molar-refractivity contribution in [3.05, 3.63) is 55.0 Å². The lowest BCUT2D eigenvalue weighted by Crippen LogP contribution is -2.28. The summed E-state index contributed by atoms with van der Waals surface area (Å²) in [6.07, 6.45) is 6.34. The van der Waals surface area contributed by atoms with Crippen LogP contribution in [-0.2, 0) is 4.79 Å². The molecule has 116 valence electrons. The second kappa shape index (κ2) is 5.76. The minimum absolute atomic E-state index is 0.0760. The van der Waals surface area contributed by atoms with Crippen molar-refractivity contribution in [3.8, 4) is 16.9 Å². The van der Waals surface area contributed by atoms with Gasteiger partial charge in [-0.15, -0.1) is 0 Å². The third-order valence-electron chi connectivity index (χ3n) is 4.25. The van der Waals surface area contributed by atoms with Crippen LogP contribution in [0.3, 0.4) is 0 Å². The van der Waals surface area contributed by atoms with Gasteiger partial charge in [-0.25, -0.2) is 4.68 Å². The first-order valence-electron chi connectivity index (χ1n) is 7.80. The summed E-state index contributed by atoms with van der Waals surface area (Å²) in [5, 5.41) is 7.65. The molecule has 3 aromatic rings. The van der Waals surface area contributed by atoms with E-state index in [-0.39, 0.29) is 11.8 Å². The highest BCUT2D eigenvalue weighted by Gasteiger charge is 2.26. The average Bonchev–Trinajstić information content (AvgIpc) is 3.15. The van der Waals surface area contributed by atoms with Crippen LogP contribution in [0, 0.1) is 5.92 Å². The molecule has 1 aliphatic carbocycles. The molecule has 1 amide bonds. The van der Waals surface area contributed by atoms with Crippen molar-refractivity contribution >= 4 is 11.7 Å². The van der Waals surface area contributed by atoms with Crippen molar-refractivity contribution < 1.29 is 9.21 Å². The van der Waals surface area contributed by atoms with Crippen LogP contribution < -0.4 is 5.32 Å². The van der Waals surface area contributed by atoms with E-state index in [0.29, 0.717) is 5.82 Å². The van der Waals surface area contributed by atoms with E-state index < -0.39 is 0 Å². The Morgan fingerprint density at radius 3 is 2.70 bits per heavy atom. The van der Waals surface area contributed by atoms with Crippen molar-refractivity contribution in [1.82, 2.24) is 9.78 Å². The number of nitrogens with one attached hydrogen (secondary N) is 1. The molecule has 2 heterocycles. The Morgan fingerprint density at radius 1 is 1.22 bits per heavy atom. The number of benzene rings is 1. The normalized spacial score (nSPS) is 14.4. The molecule has 23 heavy (non-hydrogen) atoms. The predicted molar refractivity (Wildman–Crippen MR) is 87.2 cm³/mol. The number of carbonyl (C=O) groups excluding carboxylic acids is 1. The maximum atomic E-state index is 12.3. The van der Waals surface area contributed by atoms with Crippen LogP contribution in [0.25, 0.3) is 16.9 Å². The van der Waals surface area contributed by atoms with Gasteiger partial charge in [0.15, 0.2) is 0 Å². The summed E-state index contributed by atoms with van der Waals surface area (Å²) in [5.41, 5.74) is 2.57. The summed E-state index contributed by atoms with van der Waals surface area (Å²) >= 11 is 0.